The Morgan fingerprint density at radius 1 is 1.41 bits per heavy atom. The third-order valence-electron chi connectivity index (χ3n) is 3.76. The van der Waals surface area contributed by atoms with Crippen molar-refractivity contribution in [3.8, 4) is 5.75 Å². The number of rotatable bonds is 3. The molecule has 2 heterocycles. The molecular formula is C17H17FN2O2. The largest absolute Gasteiger partial charge is 0.493 e. The Bertz CT molecular complexity index is 703. The van der Waals surface area contributed by atoms with Crippen LogP contribution in [-0.2, 0) is 17.6 Å². The number of fused-ring (bicyclic) bond motifs is 1. The summed E-state index contributed by atoms with van der Waals surface area (Å²) in [4.78, 5) is 17.5. The van der Waals surface area contributed by atoms with Crippen LogP contribution in [-0.4, -0.2) is 24.5 Å². The number of carbonyl (C=O) groups is 1. The second-order valence-electron chi connectivity index (χ2n) is 5.33. The monoisotopic (exact) mass is 300 g/mol. The van der Waals surface area contributed by atoms with Crippen LogP contribution in [0.25, 0.3) is 0 Å². The summed E-state index contributed by atoms with van der Waals surface area (Å²) in [5, 5.41) is 0. The Balaban J connectivity index is 1.75. The molecule has 1 aromatic carbocycles. The maximum absolute atomic E-state index is 13.7. The average molecular weight is 300 g/mol. The first-order chi connectivity index (χ1) is 10.6. The summed E-state index contributed by atoms with van der Waals surface area (Å²) in [6.45, 7) is 0.743. The van der Waals surface area contributed by atoms with E-state index in [1.54, 1.807) is 0 Å². The molecule has 1 amide bonds. The van der Waals surface area contributed by atoms with Gasteiger partial charge in [-0.3, -0.25) is 9.69 Å². The number of ether oxygens (including phenoxy) is 1. The molecule has 0 fully saturated rings. The Labute approximate surface area is 128 Å². The number of aromatic nitrogens is 1. The number of nitrogens with zero attached hydrogens (tertiary/aromatic N) is 2. The van der Waals surface area contributed by atoms with E-state index in [0.29, 0.717) is 0 Å². The summed E-state index contributed by atoms with van der Waals surface area (Å²) >= 11 is 0. The number of aryl methyl sites for hydroxylation is 1. The van der Waals surface area contributed by atoms with Crippen molar-refractivity contribution in [2.75, 3.05) is 18.6 Å². The summed E-state index contributed by atoms with van der Waals surface area (Å²) in [5.74, 6) is 0.242. The molecule has 0 saturated heterocycles. The number of hydrogen-bond acceptors (Lipinski definition) is 3. The third kappa shape index (κ3) is 2.93. The molecule has 2 aromatic rings. The minimum atomic E-state index is -0.503. The standard InChI is InChI=1S/C17H17FN2O2/c1-20(17-14(18)5-2-8-19-17)16(21)11-12-6-7-15-13(10-12)4-3-9-22-15/h2,5-8,10H,3-4,9,11H2,1H3. The predicted octanol–water partition coefficient (Wildman–Crippen LogP) is 2.75. The summed E-state index contributed by atoms with van der Waals surface area (Å²) in [6.07, 6.45) is 3.63. The smallest absolute Gasteiger partial charge is 0.232 e. The molecule has 0 radical (unpaired) electrons. The van der Waals surface area contributed by atoms with E-state index in [0.717, 1.165) is 36.3 Å². The van der Waals surface area contributed by atoms with E-state index in [1.165, 1.54) is 30.3 Å². The molecule has 5 heteroatoms. The van der Waals surface area contributed by atoms with Gasteiger partial charge in [-0.25, -0.2) is 9.37 Å². The zero-order chi connectivity index (χ0) is 15.5. The van der Waals surface area contributed by atoms with Gasteiger partial charge < -0.3 is 4.74 Å². The minimum absolute atomic E-state index is 0.0498. The van der Waals surface area contributed by atoms with E-state index >= 15 is 0 Å². The van der Waals surface area contributed by atoms with Gasteiger partial charge in [0.05, 0.1) is 13.0 Å². The van der Waals surface area contributed by atoms with Crippen molar-refractivity contribution in [3.63, 3.8) is 0 Å². The molecule has 0 aliphatic carbocycles. The van der Waals surface area contributed by atoms with Crippen molar-refractivity contribution in [2.24, 2.45) is 0 Å². The van der Waals surface area contributed by atoms with Gasteiger partial charge in [-0.15, -0.1) is 0 Å². The first-order valence-corrected chi connectivity index (χ1v) is 7.27. The number of anilines is 1. The molecular weight excluding hydrogens is 283 g/mol. The highest BCUT2D eigenvalue weighted by Gasteiger charge is 2.17. The second kappa shape index (κ2) is 6.13. The summed E-state index contributed by atoms with van der Waals surface area (Å²) in [5.41, 5.74) is 2.03. The van der Waals surface area contributed by atoms with E-state index in [9.17, 15) is 9.18 Å². The molecule has 0 unspecified atom stereocenters. The van der Waals surface area contributed by atoms with Gasteiger partial charge in [-0.05, 0) is 42.2 Å². The van der Waals surface area contributed by atoms with Crippen molar-refractivity contribution in [1.29, 1.82) is 0 Å². The summed E-state index contributed by atoms with van der Waals surface area (Å²) in [6, 6.07) is 8.57. The van der Waals surface area contributed by atoms with Crippen LogP contribution in [0.2, 0.25) is 0 Å². The zero-order valence-corrected chi connectivity index (χ0v) is 12.4. The normalized spacial score (nSPS) is 13.2. The fourth-order valence-electron chi connectivity index (χ4n) is 2.56. The van der Waals surface area contributed by atoms with Gasteiger partial charge in [0, 0.05) is 13.2 Å². The number of halogens is 1. The lowest BCUT2D eigenvalue weighted by Crippen LogP contribution is -2.29. The molecule has 1 aliphatic heterocycles. The highest BCUT2D eigenvalue weighted by atomic mass is 19.1. The second-order valence-corrected chi connectivity index (χ2v) is 5.33. The van der Waals surface area contributed by atoms with Crippen LogP contribution in [0.5, 0.6) is 5.75 Å². The number of carbonyl (C=O) groups excluding carboxylic acids is 1. The van der Waals surface area contributed by atoms with E-state index in [4.69, 9.17) is 4.74 Å². The highest BCUT2D eigenvalue weighted by molar-refractivity contribution is 5.93. The number of benzene rings is 1. The van der Waals surface area contributed by atoms with Crippen molar-refractivity contribution < 1.29 is 13.9 Å². The Hall–Kier alpha value is -2.43. The van der Waals surface area contributed by atoms with Gasteiger partial charge in [0.15, 0.2) is 11.6 Å². The predicted molar refractivity (Wildman–Crippen MR) is 81.6 cm³/mol. The Kier molecular flexibility index (Phi) is 4.04. The fraction of sp³-hybridized carbons (Fsp3) is 0.294. The van der Waals surface area contributed by atoms with Crippen molar-refractivity contribution in [3.05, 3.63) is 53.5 Å². The average Bonchev–Trinajstić information content (AvgIpc) is 2.54. The summed E-state index contributed by atoms with van der Waals surface area (Å²) in [7, 11) is 1.54. The van der Waals surface area contributed by atoms with E-state index in [2.05, 4.69) is 4.98 Å². The molecule has 114 valence electrons. The topological polar surface area (TPSA) is 42.4 Å². The maximum atomic E-state index is 13.7. The zero-order valence-electron chi connectivity index (χ0n) is 12.4. The van der Waals surface area contributed by atoms with E-state index in [-0.39, 0.29) is 18.1 Å². The molecule has 0 N–H and O–H groups in total. The Morgan fingerprint density at radius 2 is 2.27 bits per heavy atom. The molecule has 0 saturated carbocycles. The fourth-order valence-corrected chi connectivity index (χ4v) is 2.56. The molecule has 4 nitrogen and oxygen atoms in total. The number of pyridine rings is 1. The molecule has 0 spiro atoms. The molecule has 0 atom stereocenters. The molecule has 3 rings (SSSR count). The van der Waals surface area contributed by atoms with Crippen LogP contribution in [0.1, 0.15) is 17.5 Å². The quantitative estimate of drug-likeness (QED) is 0.875. The van der Waals surface area contributed by atoms with Crippen molar-refractivity contribution >= 4 is 11.7 Å². The minimum Gasteiger partial charge on any atom is -0.493 e. The highest BCUT2D eigenvalue weighted by Crippen LogP contribution is 2.26. The van der Waals surface area contributed by atoms with Crippen LogP contribution in [0.3, 0.4) is 0 Å². The lowest BCUT2D eigenvalue weighted by Gasteiger charge is -2.19. The van der Waals surface area contributed by atoms with E-state index < -0.39 is 5.82 Å². The van der Waals surface area contributed by atoms with Gasteiger partial charge in [0.2, 0.25) is 5.91 Å². The van der Waals surface area contributed by atoms with Crippen molar-refractivity contribution in [2.45, 2.75) is 19.3 Å². The molecule has 1 aliphatic rings. The van der Waals surface area contributed by atoms with Gasteiger partial charge in [0.1, 0.15) is 5.75 Å². The van der Waals surface area contributed by atoms with Crippen LogP contribution < -0.4 is 9.64 Å². The first kappa shape index (κ1) is 14.5. The summed E-state index contributed by atoms with van der Waals surface area (Å²) < 4.78 is 19.3. The van der Waals surface area contributed by atoms with Gasteiger partial charge >= 0.3 is 0 Å². The molecule has 22 heavy (non-hydrogen) atoms. The molecule has 1 aromatic heterocycles. The number of amides is 1. The number of hydrogen-bond donors (Lipinski definition) is 0. The maximum Gasteiger partial charge on any atom is 0.232 e. The van der Waals surface area contributed by atoms with Crippen LogP contribution in [0.15, 0.2) is 36.5 Å². The number of likely N-dealkylation sites (N-methyl/N-ethyl adjacent to an activating group) is 1. The van der Waals surface area contributed by atoms with Gasteiger partial charge in [-0.2, -0.15) is 0 Å². The van der Waals surface area contributed by atoms with Crippen molar-refractivity contribution in [1.82, 2.24) is 4.98 Å². The SMILES string of the molecule is CN(C(=O)Cc1ccc2c(c1)CCCO2)c1ncccc1F. The first-order valence-electron chi connectivity index (χ1n) is 7.27. The molecule has 0 bridgehead atoms. The van der Waals surface area contributed by atoms with E-state index in [1.807, 2.05) is 18.2 Å². The van der Waals surface area contributed by atoms with Gasteiger partial charge in [-0.1, -0.05) is 12.1 Å². The van der Waals surface area contributed by atoms with Crippen LogP contribution in [0, 0.1) is 5.82 Å². The van der Waals surface area contributed by atoms with Crippen LogP contribution >= 0.6 is 0 Å². The van der Waals surface area contributed by atoms with Gasteiger partial charge in [0.25, 0.3) is 0 Å². The lowest BCUT2D eigenvalue weighted by molar-refractivity contribution is -0.117. The Morgan fingerprint density at radius 3 is 3.09 bits per heavy atom. The third-order valence-corrected chi connectivity index (χ3v) is 3.76. The lowest BCUT2D eigenvalue weighted by atomic mass is 10.0. The van der Waals surface area contributed by atoms with Crippen LogP contribution in [0.4, 0.5) is 10.2 Å².